The zero-order valence-corrected chi connectivity index (χ0v) is 8.73. The SMILES string of the molecule is FC(F)(F)c1ccc2cccc(C(F)(F)F)c2c1. The molecule has 0 saturated heterocycles. The topological polar surface area (TPSA) is 0 Å². The lowest BCUT2D eigenvalue weighted by atomic mass is 10.0. The van der Waals surface area contributed by atoms with Crippen LogP contribution in [0.4, 0.5) is 26.3 Å². The van der Waals surface area contributed by atoms with E-state index in [2.05, 4.69) is 0 Å². The van der Waals surface area contributed by atoms with Crippen LogP contribution in [0.25, 0.3) is 10.8 Å². The summed E-state index contributed by atoms with van der Waals surface area (Å²) < 4.78 is 75.4. The van der Waals surface area contributed by atoms with Gasteiger partial charge in [-0.3, -0.25) is 0 Å². The van der Waals surface area contributed by atoms with Gasteiger partial charge >= 0.3 is 12.4 Å². The first-order chi connectivity index (χ1) is 8.19. The molecule has 2 aromatic rings. The predicted octanol–water partition coefficient (Wildman–Crippen LogP) is 4.88. The van der Waals surface area contributed by atoms with E-state index in [9.17, 15) is 26.3 Å². The average Bonchev–Trinajstić information content (AvgIpc) is 2.25. The van der Waals surface area contributed by atoms with Crippen LogP contribution < -0.4 is 0 Å². The second-order valence-corrected chi connectivity index (χ2v) is 3.74. The minimum atomic E-state index is -4.68. The third-order valence-corrected chi connectivity index (χ3v) is 2.51. The van der Waals surface area contributed by atoms with Crippen molar-refractivity contribution in [2.24, 2.45) is 0 Å². The number of benzene rings is 2. The molecule has 0 unspecified atom stereocenters. The van der Waals surface area contributed by atoms with Gasteiger partial charge in [-0.15, -0.1) is 0 Å². The highest BCUT2D eigenvalue weighted by molar-refractivity contribution is 5.87. The molecule has 0 aliphatic heterocycles. The predicted molar refractivity (Wildman–Crippen MR) is 54.0 cm³/mol. The molecule has 2 aromatic carbocycles. The van der Waals surface area contributed by atoms with Crippen LogP contribution in [0, 0.1) is 0 Å². The van der Waals surface area contributed by atoms with Crippen molar-refractivity contribution in [2.75, 3.05) is 0 Å². The molecule has 6 heteroatoms. The Hall–Kier alpha value is -1.72. The van der Waals surface area contributed by atoms with Crippen molar-refractivity contribution in [3.8, 4) is 0 Å². The van der Waals surface area contributed by atoms with Gasteiger partial charge in [-0.1, -0.05) is 18.2 Å². The van der Waals surface area contributed by atoms with Crippen molar-refractivity contribution in [3.63, 3.8) is 0 Å². The average molecular weight is 264 g/mol. The first kappa shape index (κ1) is 12.7. The van der Waals surface area contributed by atoms with Crippen molar-refractivity contribution < 1.29 is 26.3 Å². The smallest absolute Gasteiger partial charge is 0.166 e. The van der Waals surface area contributed by atoms with E-state index in [1.807, 2.05) is 0 Å². The second kappa shape index (κ2) is 3.90. The maximum absolute atomic E-state index is 12.7. The number of hydrogen-bond donors (Lipinski definition) is 0. The molecule has 0 bridgehead atoms. The molecule has 0 aliphatic rings. The summed E-state index contributed by atoms with van der Waals surface area (Å²) in [4.78, 5) is 0. The summed E-state index contributed by atoms with van der Waals surface area (Å²) >= 11 is 0. The van der Waals surface area contributed by atoms with Gasteiger partial charge in [0.1, 0.15) is 0 Å². The van der Waals surface area contributed by atoms with E-state index in [0.29, 0.717) is 6.07 Å². The van der Waals surface area contributed by atoms with Gasteiger partial charge in [0.15, 0.2) is 0 Å². The standard InChI is InChI=1S/C12H6F6/c13-11(14,15)8-5-4-7-2-1-3-10(9(7)6-8)12(16,17)18/h1-6H. The highest BCUT2D eigenvalue weighted by atomic mass is 19.4. The number of halogens is 6. The van der Waals surface area contributed by atoms with Crippen LogP contribution in [-0.4, -0.2) is 0 Å². The highest BCUT2D eigenvalue weighted by Crippen LogP contribution is 2.37. The van der Waals surface area contributed by atoms with Gasteiger partial charge in [-0.05, 0) is 29.0 Å². The van der Waals surface area contributed by atoms with E-state index in [0.717, 1.165) is 18.2 Å². The zero-order valence-electron chi connectivity index (χ0n) is 8.73. The van der Waals surface area contributed by atoms with Crippen molar-refractivity contribution in [1.29, 1.82) is 0 Å². The minimum Gasteiger partial charge on any atom is -0.166 e. The molecule has 0 saturated carbocycles. The highest BCUT2D eigenvalue weighted by Gasteiger charge is 2.34. The van der Waals surface area contributed by atoms with Crippen molar-refractivity contribution in [1.82, 2.24) is 0 Å². The van der Waals surface area contributed by atoms with Crippen molar-refractivity contribution >= 4 is 10.8 Å². The van der Waals surface area contributed by atoms with E-state index < -0.39 is 28.9 Å². The lowest BCUT2D eigenvalue weighted by molar-refractivity contribution is -0.139. The van der Waals surface area contributed by atoms with Gasteiger partial charge in [-0.2, -0.15) is 26.3 Å². The lowest BCUT2D eigenvalue weighted by Crippen LogP contribution is -2.08. The lowest BCUT2D eigenvalue weighted by Gasteiger charge is -2.12. The zero-order chi connectivity index (χ0) is 13.6. The van der Waals surface area contributed by atoms with E-state index in [4.69, 9.17) is 0 Å². The van der Waals surface area contributed by atoms with Crippen LogP contribution >= 0.6 is 0 Å². The molecule has 18 heavy (non-hydrogen) atoms. The molecule has 0 nitrogen and oxygen atoms in total. The van der Waals surface area contributed by atoms with Gasteiger partial charge in [0.25, 0.3) is 0 Å². The summed E-state index contributed by atoms with van der Waals surface area (Å²) in [7, 11) is 0. The molecule has 2 rings (SSSR count). The van der Waals surface area contributed by atoms with E-state index >= 15 is 0 Å². The number of fused-ring (bicyclic) bond motifs is 1. The van der Waals surface area contributed by atoms with Crippen LogP contribution in [0.3, 0.4) is 0 Å². The summed E-state index contributed by atoms with van der Waals surface area (Å²) in [6.45, 7) is 0. The van der Waals surface area contributed by atoms with Crippen LogP contribution in [0.15, 0.2) is 36.4 Å². The third kappa shape index (κ3) is 2.27. The molecule has 0 atom stereocenters. The first-order valence-corrected chi connectivity index (χ1v) is 4.87. The largest absolute Gasteiger partial charge is 0.417 e. The molecular weight excluding hydrogens is 258 g/mol. The van der Waals surface area contributed by atoms with E-state index in [1.165, 1.54) is 12.1 Å². The molecule has 0 aromatic heterocycles. The first-order valence-electron chi connectivity index (χ1n) is 4.87. The van der Waals surface area contributed by atoms with E-state index in [1.54, 1.807) is 0 Å². The van der Waals surface area contributed by atoms with Crippen LogP contribution in [-0.2, 0) is 12.4 Å². The second-order valence-electron chi connectivity index (χ2n) is 3.74. The Balaban J connectivity index is 2.74. The maximum atomic E-state index is 12.7. The fourth-order valence-electron chi connectivity index (χ4n) is 1.70. The molecule has 0 spiro atoms. The summed E-state index contributed by atoms with van der Waals surface area (Å²) in [5.74, 6) is 0. The van der Waals surface area contributed by atoms with Gasteiger partial charge < -0.3 is 0 Å². The van der Waals surface area contributed by atoms with E-state index in [-0.39, 0.29) is 5.39 Å². The normalized spacial score (nSPS) is 13.0. The number of alkyl halides is 6. The monoisotopic (exact) mass is 264 g/mol. The molecular formula is C12H6F6. The fraction of sp³-hybridized carbons (Fsp3) is 0.167. The molecule has 0 N–H and O–H groups in total. The third-order valence-electron chi connectivity index (χ3n) is 2.51. The Morgan fingerprint density at radius 2 is 1.39 bits per heavy atom. The Morgan fingerprint density at radius 3 is 1.94 bits per heavy atom. The van der Waals surface area contributed by atoms with Gasteiger partial charge in [0.2, 0.25) is 0 Å². The summed E-state index contributed by atoms with van der Waals surface area (Å²) in [6, 6.07) is 5.60. The Bertz CT molecular complexity index is 579. The van der Waals surface area contributed by atoms with Crippen LogP contribution in [0.1, 0.15) is 11.1 Å². The number of rotatable bonds is 0. The molecule has 0 aliphatic carbocycles. The summed E-state index contributed by atoms with van der Waals surface area (Å²) in [5, 5.41) is -0.322. The molecule has 0 radical (unpaired) electrons. The van der Waals surface area contributed by atoms with Crippen molar-refractivity contribution in [3.05, 3.63) is 47.5 Å². The fourth-order valence-corrected chi connectivity index (χ4v) is 1.70. The van der Waals surface area contributed by atoms with Crippen LogP contribution in [0.2, 0.25) is 0 Å². The van der Waals surface area contributed by atoms with Crippen molar-refractivity contribution in [2.45, 2.75) is 12.4 Å². The Labute approximate surface area is 97.8 Å². The summed E-state index contributed by atoms with van der Waals surface area (Å²) in [5.41, 5.74) is -2.15. The van der Waals surface area contributed by atoms with Gasteiger partial charge in [0.05, 0.1) is 11.1 Å². The Morgan fingerprint density at radius 1 is 0.722 bits per heavy atom. The van der Waals surface area contributed by atoms with Gasteiger partial charge in [-0.25, -0.2) is 0 Å². The number of hydrogen-bond acceptors (Lipinski definition) is 0. The quantitative estimate of drug-likeness (QED) is 0.595. The minimum absolute atomic E-state index is 0.123. The molecule has 96 valence electrons. The van der Waals surface area contributed by atoms with Crippen LogP contribution in [0.5, 0.6) is 0 Å². The molecule has 0 amide bonds. The molecule has 0 fully saturated rings. The molecule has 0 heterocycles. The summed E-state index contributed by atoms with van der Waals surface area (Å²) in [6.07, 6.45) is -9.34. The Kier molecular flexibility index (Phi) is 2.76. The maximum Gasteiger partial charge on any atom is 0.417 e. The van der Waals surface area contributed by atoms with Gasteiger partial charge in [0, 0.05) is 0 Å².